The summed E-state index contributed by atoms with van der Waals surface area (Å²) in [4.78, 5) is 0. The van der Waals surface area contributed by atoms with E-state index in [1.54, 1.807) is 0 Å². The smallest absolute Gasteiger partial charge is 0.137 e. The molecule has 0 saturated heterocycles. The number of rotatable bonds is 0. The van der Waals surface area contributed by atoms with Crippen molar-refractivity contribution in [1.29, 1.82) is 0 Å². The first kappa shape index (κ1) is 7.36. The number of aromatic hydroxyl groups is 2. The number of halogens is 1. The van der Waals surface area contributed by atoms with Crippen LogP contribution in [0.2, 0.25) is 0 Å². The Kier molecular flexibility index (Phi) is 1.44. The maximum absolute atomic E-state index is 12.7. The van der Waals surface area contributed by atoms with Gasteiger partial charge in [-0.05, 0) is 6.07 Å². The minimum Gasteiger partial charge on any atom is -0.507 e. The molecule has 1 aromatic carbocycles. The lowest BCUT2D eigenvalue weighted by Gasteiger charge is -1.95. The standard InChI is InChI=1S/C8H5FO2S/c9-4-1-5(10)8-6(11)3-12-7(8)2-4/h1-3,10-11H. The van der Waals surface area contributed by atoms with E-state index in [1.165, 1.54) is 22.8 Å². The van der Waals surface area contributed by atoms with Gasteiger partial charge in [-0.15, -0.1) is 11.3 Å². The fraction of sp³-hybridized carbons (Fsp3) is 0. The lowest BCUT2D eigenvalue weighted by atomic mass is 10.2. The average molecular weight is 184 g/mol. The zero-order chi connectivity index (χ0) is 8.72. The van der Waals surface area contributed by atoms with Crippen molar-refractivity contribution in [3.8, 4) is 11.5 Å². The van der Waals surface area contributed by atoms with Gasteiger partial charge in [-0.3, -0.25) is 0 Å². The van der Waals surface area contributed by atoms with E-state index >= 15 is 0 Å². The third-order valence-electron chi connectivity index (χ3n) is 1.60. The van der Waals surface area contributed by atoms with Gasteiger partial charge in [-0.2, -0.15) is 0 Å². The van der Waals surface area contributed by atoms with Crippen molar-refractivity contribution in [2.75, 3.05) is 0 Å². The summed E-state index contributed by atoms with van der Waals surface area (Å²) in [5, 5.41) is 20.2. The molecule has 2 rings (SSSR count). The fourth-order valence-corrected chi connectivity index (χ4v) is 1.96. The molecule has 0 atom stereocenters. The highest BCUT2D eigenvalue weighted by atomic mass is 32.1. The Morgan fingerprint density at radius 1 is 1.17 bits per heavy atom. The summed E-state index contributed by atoms with van der Waals surface area (Å²) in [5.74, 6) is -0.724. The Balaban J connectivity index is 2.93. The molecule has 0 aliphatic rings. The van der Waals surface area contributed by atoms with Crippen molar-refractivity contribution in [2.24, 2.45) is 0 Å². The van der Waals surface area contributed by atoms with Crippen molar-refractivity contribution in [1.82, 2.24) is 0 Å². The number of hydrogen-bond acceptors (Lipinski definition) is 3. The molecule has 12 heavy (non-hydrogen) atoms. The Bertz CT molecular complexity index is 436. The number of phenolic OH excluding ortho intramolecular Hbond substituents is 1. The van der Waals surface area contributed by atoms with E-state index in [1.807, 2.05) is 0 Å². The molecule has 0 spiro atoms. The number of hydrogen-bond donors (Lipinski definition) is 2. The van der Waals surface area contributed by atoms with E-state index in [0.29, 0.717) is 10.1 Å². The molecule has 0 amide bonds. The summed E-state index contributed by atoms with van der Waals surface area (Å²) >= 11 is 1.19. The molecule has 0 unspecified atom stereocenters. The van der Waals surface area contributed by atoms with Gasteiger partial charge >= 0.3 is 0 Å². The van der Waals surface area contributed by atoms with E-state index in [2.05, 4.69) is 0 Å². The van der Waals surface area contributed by atoms with Crippen molar-refractivity contribution in [2.45, 2.75) is 0 Å². The lowest BCUT2D eigenvalue weighted by Crippen LogP contribution is -1.73. The van der Waals surface area contributed by atoms with Gasteiger partial charge < -0.3 is 10.2 Å². The topological polar surface area (TPSA) is 40.5 Å². The van der Waals surface area contributed by atoms with Crippen molar-refractivity contribution < 1.29 is 14.6 Å². The molecule has 0 fully saturated rings. The van der Waals surface area contributed by atoms with E-state index in [4.69, 9.17) is 0 Å². The van der Waals surface area contributed by atoms with Gasteiger partial charge in [0.25, 0.3) is 0 Å². The molecule has 1 heterocycles. The predicted octanol–water partition coefficient (Wildman–Crippen LogP) is 2.45. The van der Waals surface area contributed by atoms with Crippen LogP contribution in [0, 0.1) is 5.82 Å². The second-order valence-electron chi connectivity index (χ2n) is 2.42. The number of phenols is 1. The highest BCUT2D eigenvalue weighted by Crippen LogP contribution is 2.37. The van der Waals surface area contributed by atoms with Gasteiger partial charge in [0, 0.05) is 16.1 Å². The summed E-state index contributed by atoms with van der Waals surface area (Å²) in [7, 11) is 0. The molecule has 62 valence electrons. The van der Waals surface area contributed by atoms with Gasteiger partial charge in [0.15, 0.2) is 0 Å². The number of thiophene rings is 1. The molecule has 0 radical (unpaired) electrons. The largest absolute Gasteiger partial charge is 0.507 e. The summed E-state index contributed by atoms with van der Waals surface area (Å²) < 4.78 is 13.2. The summed E-state index contributed by atoms with van der Waals surface area (Å²) in [6.45, 7) is 0. The second-order valence-corrected chi connectivity index (χ2v) is 3.33. The minimum atomic E-state index is -0.498. The maximum Gasteiger partial charge on any atom is 0.137 e. The quantitative estimate of drug-likeness (QED) is 0.660. The zero-order valence-corrected chi connectivity index (χ0v) is 6.73. The van der Waals surface area contributed by atoms with Gasteiger partial charge in [0.05, 0.1) is 5.39 Å². The van der Waals surface area contributed by atoms with Gasteiger partial charge in [-0.1, -0.05) is 0 Å². The van der Waals surface area contributed by atoms with E-state index in [9.17, 15) is 14.6 Å². The summed E-state index contributed by atoms with van der Waals surface area (Å²) in [6.07, 6.45) is 0. The molecule has 0 saturated carbocycles. The Morgan fingerprint density at radius 2 is 1.92 bits per heavy atom. The molecule has 4 heteroatoms. The minimum absolute atomic E-state index is 0.00694. The Labute approximate surface area is 71.5 Å². The van der Waals surface area contributed by atoms with Gasteiger partial charge in [0.2, 0.25) is 0 Å². The molecule has 0 bridgehead atoms. The molecular weight excluding hydrogens is 179 g/mol. The highest BCUT2D eigenvalue weighted by molar-refractivity contribution is 7.17. The molecular formula is C8H5FO2S. The third-order valence-corrected chi connectivity index (χ3v) is 2.52. The first-order valence-electron chi connectivity index (χ1n) is 3.27. The SMILES string of the molecule is Oc1csc2cc(F)cc(O)c12. The van der Waals surface area contributed by atoms with Crippen molar-refractivity contribution in [3.63, 3.8) is 0 Å². The van der Waals surface area contributed by atoms with Crippen LogP contribution < -0.4 is 0 Å². The molecule has 2 aromatic rings. The van der Waals surface area contributed by atoms with Crippen molar-refractivity contribution in [3.05, 3.63) is 23.3 Å². The molecule has 2 nitrogen and oxygen atoms in total. The second kappa shape index (κ2) is 2.35. The lowest BCUT2D eigenvalue weighted by molar-refractivity contribution is 0.462. The number of benzene rings is 1. The highest BCUT2D eigenvalue weighted by Gasteiger charge is 2.08. The van der Waals surface area contributed by atoms with E-state index < -0.39 is 5.82 Å². The first-order chi connectivity index (χ1) is 5.68. The van der Waals surface area contributed by atoms with Crippen LogP contribution in [0.25, 0.3) is 10.1 Å². The Hall–Kier alpha value is -1.29. The molecule has 0 aliphatic heterocycles. The maximum atomic E-state index is 12.7. The fourth-order valence-electron chi connectivity index (χ4n) is 1.10. The Morgan fingerprint density at radius 3 is 2.67 bits per heavy atom. The van der Waals surface area contributed by atoms with Gasteiger partial charge in [-0.25, -0.2) is 4.39 Å². The van der Waals surface area contributed by atoms with Crippen LogP contribution in [-0.4, -0.2) is 10.2 Å². The number of fused-ring (bicyclic) bond motifs is 1. The zero-order valence-electron chi connectivity index (χ0n) is 5.91. The van der Waals surface area contributed by atoms with Crippen LogP contribution in [0.3, 0.4) is 0 Å². The normalized spacial score (nSPS) is 10.8. The molecule has 0 aliphatic carbocycles. The van der Waals surface area contributed by atoms with Crippen LogP contribution in [0.4, 0.5) is 4.39 Å². The summed E-state index contributed by atoms with van der Waals surface area (Å²) in [5.41, 5.74) is 0. The third kappa shape index (κ3) is 0.921. The van der Waals surface area contributed by atoms with Crippen molar-refractivity contribution >= 4 is 21.4 Å². The molecule has 2 N–H and O–H groups in total. The van der Waals surface area contributed by atoms with Gasteiger partial charge in [0.1, 0.15) is 17.3 Å². The van der Waals surface area contributed by atoms with E-state index in [0.717, 1.165) is 6.07 Å². The van der Waals surface area contributed by atoms with Crippen LogP contribution in [-0.2, 0) is 0 Å². The summed E-state index contributed by atoms with van der Waals surface area (Å²) in [6, 6.07) is 2.26. The average Bonchev–Trinajstić information content (AvgIpc) is 2.31. The van der Waals surface area contributed by atoms with Crippen LogP contribution >= 0.6 is 11.3 Å². The molecule has 1 aromatic heterocycles. The van der Waals surface area contributed by atoms with Crippen LogP contribution in [0.5, 0.6) is 11.5 Å². The van der Waals surface area contributed by atoms with E-state index in [-0.39, 0.29) is 11.5 Å². The van der Waals surface area contributed by atoms with Crippen LogP contribution in [0.1, 0.15) is 0 Å². The predicted molar refractivity (Wildman–Crippen MR) is 45.1 cm³/mol. The van der Waals surface area contributed by atoms with Crippen LogP contribution in [0.15, 0.2) is 17.5 Å². The monoisotopic (exact) mass is 184 g/mol. The first-order valence-corrected chi connectivity index (χ1v) is 4.15.